The van der Waals surface area contributed by atoms with Gasteiger partial charge in [0.25, 0.3) is 0 Å². The number of esters is 1. The Hall–Kier alpha value is -4.17. The van der Waals surface area contributed by atoms with Crippen LogP contribution in [0.3, 0.4) is 0 Å². The Morgan fingerprint density at radius 2 is 1.61 bits per heavy atom. The number of hydrogen-bond acceptors (Lipinski definition) is 7. The van der Waals surface area contributed by atoms with Crippen molar-refractivity contribution in [2.24, 2.45) is 11.8 Å². The van der Waals surface area contributed by atoms with Gasteiger partial charge in [-0.1, -0.05) is 42.5 Å². The molecule has 38 heavy (non-hydrogen) atoms. The van der Waals surface area contributed by atoms with Gasteiger partial charge in [0, 0.05) is 25.8 Å². The van der Waals surface area contributed by atoms with Gasteiger partial charge in [0.2, 0.25) is 11.8 Å². The number of hydrogen-bond donors (Lipinski definition) is 1. The molecule has 5 rings (SSSR count). The zero-order valence-corrected chi connectivity index (χ0v) is 21.9. The predicted octanol–water partition coefficient (Wildman–Crippen LogP) is 3.67. The maximum atomic E-state index is 14.2. The van der Waals surface area contributed by atoms with Crippen LogP contribution in [0.25, 0.3) is 0 Å². The first kappa shape index (κ1) is 25.5. The zero-order chi connectivity index (χ0) is 27.0. The minimum Gasteiger partial charge on any atom is -0.494 e. The molecule has 2 saturated heterocycles. The molecule has 2 aliphatic heterocycles. The molecule has 2 aliphatic rings. The Bertz CT molecular complexity index is 1340. The van der Waals surface area contributed by atoms with E-state index in [1.54, 1.807) is 48.5 Å². The molecule has 0 spiro atoms. The van der Waals surface area contributed by atoms with Crippen LogP contribution in [0.5, 0.6) is 5.75 Å². The van der Waals surface area contributed by atoms with Gasteiger partial charge in [0.1, 0.15) is 5.75 Å². The summed E-state index contributed by atoms with van der Waals surface area (Å²) >= 11 is 0. The Morgan fingerprint density at radius 3 is 2.18 bits per heavy atom. The van der Waals surface area contributed by atoms with Crippen LogP contribution in [-0.4, -0.2) is 45.6 Å². The molecular weight excluding hydrogens is 482 g/mol. The van der Waals surface area contributed by atoms with Crippen molar-refractivity contribution in [3.8, 4) is 5.75 Å². The number of carbonyl (C=O) groups is 3. The first-order valence-electron chi connectivity index (χ1n) is 12.6. The van der Waals surface area contributed by atoms with Crippen molar-refractivity contribution >= 4 is 29.2 Å². The number of ether oxygens (including phenoxy) is 2. The third-order valence-electron chi connectivity index (χ3n) is 7.47. The maximum Gasteiger partial charge on any atom is 0.331 e. The van der Waals surface area contributed by atoms with Crippen molar-refractivity contribution in [2.75, 3.05) is 37.6 Å². The van der Waals surface area contributed by atoms with Gasteiger partial charge in [-0.05, 0) is 54.4 Å². The number of carbonyl (C=O) groups excluding carboxylic acids is 3. The van der Waals surface area contributed by atoms with E-state index in [-0.39, 0.29) is 5.91 Å². The highest BCUT2D eigenvalue weighted by atomic mass is 16.5. The van der Waals surface area contributed by atoms with Crippen LogP contribution in [0, 0.1) is 11.8 Å². The highest BCUT2D eigenvalue weighted by Crippen LogP contribution is 2.54. The predicted molar refractivity (Wildman–Crippen MR) is 144 cm³/mol. The number of rotatable bonds is 7. The lowest BCUT2D eigenvalue weighted by molar-refractivity contribution is -0.152. The molecule has 0 radical (unpaired) electrons. The van der Waals surface area contributed by atoms with Crippen LogP contribution < -0.4 is 19.9 Å². The highest BCUT2D eigenvalue weighted by molar-refractivity contribution is 6.24. The van der Waals surface area contributed by atoms with E-state index in [4.69, 9.17) is 9.47 Å². The Morgan fingerprint density at radius 1 is 0.947 bits per heavy atom. The molecule has 8 heteroatoms. The van der Waals surface area contributed by atoms with Crippen LogP contribution in [0.15, 0.2) is 78.9 Å². The third-order valence-corrected chi connectivity index (χ3v) is 7.47. The fourth-order valence-corrected chi connectivity index (χ4v) is 5.72. The zero-order valence-electron chi connectivity index (χ0n) is 21.9. The molecule has 2 heterocycles. The van der Waals surface area contributed by atoms with E-state index in [1.807, 2.05) is 56.3 Å². The van der Waals surface area contributed by atoms with Crippen LogP contribution in [0.2, 0.25) is 0 Å². The second kappa shape index (κ2) is 9.95. The summed E-state index contributed by atoms with van der Waals surface area (Å²) < 4.78 is 10.8. The summed E-state index contributed by atoms with van der Waals surface area (Å²) in [6, 6.07) is 23.1. The minimum absolute atomic E-state index is 0.361. The summed E-state index contributed by atoms with van der Waals surface area (Å²) in [5, 5.41) is 3.42. The smallest absolute Gasteiger partial charge is 0.331 e. The largest absolute Gasteiger partial charge is 0.494 e. The van der Waals surface area contributed by atoms with Crippen molar-refractivity contribution < 1.29 is 23.9 Å². The van der Waals surface area contributed by atoms with Crippen molar-refractivity contribution in [3.63, 3.8) is 0 Å². The topological polar surface area (TPSA) is 88.2 Å². The third kappa shape index (κ3) is 3.92. The number of methoxy groups -OCH3 is 1. The summed E-state index contributed by atoms with van der Waals surface area (Å²) in [5.74, 6) is -2.60. The lowest BCUT2D eigenvalue weighted by Crippen LogP contribution is -2.53. The van der Waals surface area contributed by atoms with Crippen LogP contribution in [0.4, 0.5) is 11.4 Å². The normalized spacial score (nSPS) is 24.3. The van der Waals surface area contributed by atoms with Crippen molar-refractivity contribution in [3.05, 3.63) is 90.0 Å². The van der Waals surface area contributed by atoms with E-state index >= 15 is 0 Å². The molecule has 0 aromatic heterocycles. The van der Waals surface area contributed by atoms with Gasteiger partial charge in [-0.3, -0.25) is 14.9 Å². The van der Waals surface area contributed by atoms with Crippen LogP contribution in [0.1, 0.15) is 24.1 Å². The first-order chi connectivity index (χ1) is 18.3. The summed E-state index contributed by atoms with van der Waals surface area (Å²) in [4.78, 5) is 45.0. The number of nitrogens with one attached hydrogen (secondary N) is 1. The molecule has 196 valence electrons. The van der Waals surface area contributed by atoms with Gasteiger partial charge in [0.05, 0.1) is 31.2 Å². The second-order valence-electron chi connectivity index (χ2n) is 9.72. The van der Waals surface area contributed by atoms with Gasteiger partial charge in [-0.25, -0.2) is 9.69 Å². The summed E-state index contributed by atoms with van der Waals surface area (Å²) in [5.41, 5.74) is 1.27. The van der Waals surface area contributed by atoms with E-state index in [9.17, 15) is 14.4 Å². The highest BCUT2D eigenvalue weighted by Gasteiger charge is 2.69. The molecule has 1 N–H and O–H groups in total. The van der Waals surface area contributed by atoms with E-state index in [0.717, 1.165) is 11.3 Å². The number of benzene rings is 3. The number of fused-ring (bicyclic) bond motifs is 1. The van der Waals surface area contributed by atoms with E-state index < -0.39 is 35.3 Å². The molecule has 0 bridgehead atoms. The number of amides is 2. The summed E-state index contributed by atoms with van der Waals surface area (Å²) in [6.45, 7) is 2.39. The Kier molecular flexibility index (Phi) is 6.67. The monoisotopic (exact) mass is 513 g/mol. The lowest BCUT2D eigenvalue weighted by Gasteiger charge is -2.33. The molecular formula is C30H31N3O5. The van der Waals surface area contributed by atoms with Gasteiger partial charge in [-0.2, -0.15) is 0 Å². The number of imide groups is 1. The molecule has 3 aromatic rings. The Labute approximate surface area is 222 Å². The van der Waals surface area contributed by atoms with E-state index in [0.29, 0.717) is 23.6 Å². The molecule has 4 atom stereocenters. The van der Waals surface area contributed by atoms with E-state index in [2.05, 4.69) is 5.32 Å². The maximum absolute atomic E-state index is 14.2. The van der Waals surface area contributed by atoms with Crippen molar-refractivity contribution in [1.29, 1.82) is 0 Å². The summed E-state index contributed by atoms with van der Waals surface area (Å²) in [7, 11) is 5.20. The van der Waals surface area contributed by atoms with Crippen molar-refractivity contribution in [1.82, 2.24) is 5.32 Å². The molecule has 3 aromatic carbocycles. The second-order valence-corrected chi connectivity index (χ2v) is 9.72. The molecule has 0 unspecified atom stereocenters. The number of nitrogens with zero attached hydrogens (tertiary/aromatic N) is 2. The van der Waals surface area contributed by atoms with Crippen LogP contribution >= 0.6 is 0 Å². The average molecular weight is 514 g/mol. The van der Waals surface area contributed by atoms with Gasteiger partial charge < -0.3 is 14.4 Å². The molecule has 0 aliphatic carbocycles. The van der Waals surface area contributed by atoms with Crippen molar-refractivity contribution in [2.45, 2.75) is 18.5 Å². The Balaban J connectivity index is 1.66. The fraction of sp³-hybridized carbons (Fsp3) is 0.300. The molecule has 8 nitrogen and oxygen atoms in total. The lowest BCUT2D eigenvalue weighted by atomic mass is 9.75. The first-order valence-corrected chi connectivity index (χ1v) is 12.6. The SMILES string of the molecule is CCOc1ccc(N2C(=O)[C@H]3[C@@H](c4ccc(N(C)C)cc4)N[C@](C(=O)OC)(c4ccccc4)[C@@H]3C2=O)cc1. The quantitative estimate of drug-likeness (QED) is 0.381. The average Bonchev–Trinajstić information content (AvgIpc) is 3.43. The fourth-order valence-electron chi connectivity index (χ4n) is 5.72. The number of anilines is 2. The minimum atomic E-state index is -1.54. The van der Waals surface area contributed by atoms with Gasteiger partial charge in [-0.15, -0.1) is 0 Å². The van der Waals surface area contributed by atoms with E-state index in [1.165, 1.54) is 12.0 Å². The molecule has 0 saturated carbocycles. The standard InChI is InChI=1S/C30H31N3O5/c1-5-38-23-17-15-22(16-18-23)33-27(34)24-25(28(33)35)30(29(36)37-4,20-9-7-6-8-10-20)31-26(24)19-11-13-21(14-12-19)32(2)3/h6-18,24-26,31H,5H2,1-4H3/t24-,25+,26-,30-/m1/s1. The molecule has 2 amide bonds. The van der Waals surface area contributed by atoms with Gasteiger partial charge in [0.15, 0.2) is 5.54 Å². The van der Waals surface area contributed by atoms with Crippen LogP contribution in [-0.2, 0) is 24.7 Å². The molecule has 2 fully saturated rings. The van der Waals surface area contributed by atoms with Gasteiger partial charge >= 0.3 is 5.97 Å². The summed E-state index contributed by atoms with van der Waals surface area (Å²) in [6.07, 6.45) is 0.